The van der Waals surface area contributed by atoms with Crippen molar-refractivity contribution in [2.45, 2.75) is 137 Å². The normalized spacial score (nSPS) is 21.1. The van der Waals surface area contributed by atoms with Gasteiger partial charge in [-0.05, 0) is 0 Å². The second-order valence-corrected chi connectivity index (χ2v) is 30.6. The van der Waals surface area contributed by atoms with Crippen molar-refractivity contribution in [2.75, 3.05) is 0 Å². The third-order valence-electron chi connectivity index (χ3n) is 9.53. The van der Waals surface area contributed by atoms with Crippen LogP contribution in [0.1, 0.15) is 146 Å². The second kappa shape index (κ2) is 13.0. The van der Waals surface area contributed by atoms with Crippen LogP contribution in [0, 0.1) is 20.8 Å². The zero-order chi connectivity index (χ0) is 32.9. The first-order valence-corrected chi connectivity index (χ1v) is 23.2. The Balaban J connectivity index is 2.30. The van der Waals surface area contributed by atoms with E-state index in [1.165, 1.54) is 38.9 Å². The van der Waals surface area contributed by atoms with Crippen molar-refractivity contribution in [3.63, 3.8) is 0 Å². The molecule has 0 bridgehead atoms. The van der Waals surface area contributed by atoms with E-state index in [4.69, 9.17) is 3.86 Å². The molecule has 2 nitrogen and oxygen atoms in total. The van der Waals surface area contributed by atoms with Crippen LogP contribution in [0.2, 0.25) is 4.25 Å². The third-order valence-corrected chi connectivity index (χ3v) is 29.7. The molecule has 0 amide bonds. The average molecular weight is 718 g/mol. The van der Waals surface area contributed by atoms with Crippen molar-refractivity contribution in [3.05, 3.63) is 93.5 Å². The monoisotopic (exact) mass is 719 g/mol. The van der Waals surface area contributed by atoms with E-state index in [-0.39, 0.29) is 15.8 Å². The second-order valence-electron chi connectivity index (χ2n) is 16.3. The van der Waals surface area contributed by atoms with Gasteiger partial charge >= 0.3 is 281 Å². The predicted molar refractivity (Wildman–Crippen MR) is 200 cm³/mol. The molecule has 240 valence electrons. The SMILES string of the molecule is Cc1cc(C)c([AsH2]=[C]2C(c3ccccc3)N(C(C)(C)C)[O][Ge]2([c]2c(C(C)C)cc(C(C)C)cc2C(C)C)[C](C)(C)C)c(C)c1. The van der Waals surface area contributed by atoms with Gasteiger partial charge in [0.25, 0.3) is 0 Å². The fourth-order valence-corrected chi connectivity index (χ4v) is 32.4. The van der Waals surface area contributed by atoms with Crippen LogP contribution in [0.3, 0.4) is 0 Å². The van der Waals surface area contributed by atoms with Gasteiger partial charge in [-0.3, -0.25) is 0 Å². The molecule has 0 aliphatic carbocycles. The summed E-state index contributed by atoms with van der Waals surface area (Å²) in [6.45, 7) is 35.8. The van der Waals surface area contributed by atoms with Crippen molar-refractivity contribution in [3.8, 4) is 0 Å². The number of rotatable bonds is 6. The molecular weight excluding hydrogens is 658 g/mol. The summed E-state index contributed by atoms with van der Waals surface area (Å²) in [5.74, 6) is 1.32. The summed E-state index contributed by atoms with van der Waals surface area (Å²) < 4.78 is 13.0. The molecule has 1 heterocycles. The van der Waals surface area contributed by atoms with Crippen molar-refractivity contribution < 1.29 is 3.86 Å². The Morgan fingerprint density at radius 1 is 0.727 bits per heavy atom. The molecule has 0 saturated carbocycles. The molecule has 44 heavy (non-hydrogen) atoms. The minimum atomic E-state index is -3.66. The van der Waals surface area contributed by atoms with E-state index >= 15 is 0 Å². The Hall–Kier alpha value is -1.45. The molecule has 0 aromatic heterocycles. The number of benzene rings is 3. The minimum absolute atomic E-state index is 0.0150. The van der Waals surface area contributed by atoms with Gasteiger partial charge in [-0.25, -0.2) is 0 Å². The quantitative estimate of drug-likeness (QED) is 0.236. The topological polar surface area (TPSA) is 12.5 Å². The molecule has 3 atom stereocenters. The molecular formula is C40H60AsGeNO. The number of hydroxylamine groups is 2. The Labute approximate surface area is 279 Å². The van der Waals surface area contributed by atoms with Crippen LogP contribution >= 0.6 is 0 Å². The van der Waals surface area contributed by atoms with Crippen LogP contribution < -0.4 is 8.75 Å². The number of hydrogen-bond acceptors (Lipinski definition) is 2. The Morgan fingerprint density at radius 2 is 1.23 bits per heavy atom. The van der Waals surface area contributed by atoms with Gasteiger partial charge in [-0.15, -0.1) is 0 Å². The Bertz CT molecular complexity index is 1470. The Kier molecular flexibility index (Phi) is 10.4. The summed E-state index contributed by atoms with van der Waals surface area (Å²) in [6.07, 6.45) is 0. The van der Waals surface area contributed by atoms with E-state index in [2.05, 4.69) is 164 Å². The fraction of sp³-hybridized carbons (Fsp3) is 0.525. The number of nitrogens with zero attached hydrogens (tertiary/aromatic N) is 1. The van der Waals surface area contributed by atoms with Gasteiger partial charge in [0.15, 0.2) is 0 Å². The van der Waals surface area contributed by atoms with Crippen molar-refractivity contribution in [1.29, 1.82) is 0 Å². The average Bonchev–Trinajstić information content (AvgIpc) is 3.26. The third kappa shape index (κ3) is 6.53. The first kappa shape index (κ1) is 35.4. The van der Waals surface area contributed by atoms with Gasteiger partial charge in [-0.1, -0.05) is 0 Å². The van der Waals surface area contributed by atoms with Crippen molar-refractivity contribution >= 4 is 40.8 Å². The molecule has 1 aliphatic heterocycles. The molecule has 3 unspecified atom stereocenters. The summed E-state index contributed by atoms with van der Waals surface area (Å²) in [7, 11) is 0. The predicted octanol–water partition coefficient (Wildman–Crippen LogP) is 8.93. The summed E-state index contributed by atoms with van der Waals surface area (Å²) in [4.78, 5) is 0. The maximum absolute atomic E-state index is 8.02. The summed E-state index contributed by atoms with van der Waals surface area (Å²) in [6, 6.07) is 21.4. The van der Waals surface area contributed by atoms with Crippen LogP contribution in [0.25, 0.3) is 0 Å². The van der Waals surface area contributed by atoms with E-state index in [1.807, 2.05) is 0 Å². The molecule has 0 radical (unpaired) electrons. The van der Waals surface area contributed by atoms with Crippen LogP contribution in [0.4, 0.5) is 0 Å². The zero-order valence-electron chi connectivity index (χ0n) is 30.4. The standard InChI is InChI=1S/C40H60AsGeNO/c1-25(2)32-23-33(26(3)4)36(34(24-32)27(5)6)42(39(10,11)12)38(41-35-29(8)21-28(7)22-30(35)9)37(31-19-17-16-18-20-31)43(44-42)40(13,14)15/h16-27,37H,41H2,1-15H3. The van der Waals surface area contributed by atoms with E-state index in [1.54, 1.807) is 11.9 Å². The van der Waals surface area contributed by atoms with E-state index in [0.29, 0.717) is 17.8 Å². The van der Waals surface area contributed by atoms with Crippen molar-refractivity contribution in [1.82, 2.24) is 5.06 Å². The maximum atomic E-state index is 8.02. The molecule has 4 rings (SSSR count). The molecule has 3 aromatic carbocycles. The Morgan fingerprint density at radius 3 is 1.64 bits per heavy atom. The summed E-state index contributed by atoms with van der Waals surface area (Å²) >= 11 is -4.78. The first-order valence-electron chi connectivity index (χ1n) is 16.8. The van der Waals surface area contributed by atoms with Gasteiger partial charge in [0.2, 0.25) is 0 Å². The van der Waals surface area contributed by atoms with Gasteiger partial charge in [0, 0.05) is 0 Å². The molecule has 3 aromatic rings. The van der Waals surface area contributed by atoms with Crippen LogP contribution in [0.15, 0.2) is 54.6 Å². The fourth-order valence-electron chi connectivity index (χ4n) is 7.30. The van der Waals surface area contributed by atoms with Crippen LogP contribution in [-0.4, -0.2) is 42.7 Å². The van der Waals surface area contributed by atoms with Gasteiger partial charge < -0.3 is 0 Å². The molecule has 4 heteroatoms. The van der Waals surface area contributed by atoms with Crippen LogP contribution in [-0.2, 0) is 3.86 Å². The molecule has 0 N–H and O–H groups in total. The van der Waals surface area contributed by atoms with Gasteiger partial charge in [0.05, 0.1) is 0 Å². The van der Waals surface area contributed by atoms with E-state index < -0.39 is 28.9 Å². The molecule has 0 spiro atoms. The molecule has 1 fully saturated rings. The summed E-state index contributed by atoms with van der Waals surface area (Å²) in [5.41, 5.74) is 10.0. The number of aryl methyl sites for hydroxylation is 3. The number of hydrogen-bond donors (Lipinski definition) is 0. The molecule has 1 saturated heterocycles. The molecule has 1 aliphatic rings. The van der Waals surface area contributed by atoms with Gasteiger partial charge in [0.1, 0.15) is 0 Å². The van der Waals surface area contributed by atoms with Crippen LogP contribution in [0.5, 0.6) is 0 Å². The van der Waals surface area contributed by atoms with Crippen molar-refractivity contribution in [2.24, 2.45) is 0 Å². The van der Waals surface area contributed by atoms with E-state index in [9.17, 15) is 0 Å². The van der Waals surface area contributed by atoms with E-state index in [0.717, 1.165) is 0 Å². The summed E-state index contributed by atoms with van der Waals surface area (Å²) in [5, 5.41) is 2.48. The first-order chi connectivity index (χ1) is 20.3. The van der Waals surface area contributed by atoms with Gasteiger partial charge in [-0.2, -0.15) is 0 Å². The zero-order valence-corrected chi connectivity index (χ0v) is 35.0.